The highest BCUT2D eigenvalue weighted by molar-refractivity contribution is 5.95. The standard InChI is InChI=1S/C24H28N6O/c1-25-24(27-15-14-26-22-13-10-19-5-2-3-6-21(19)29-22)28-17-18-8-11-20(12-9-18)30-16-4-7-23(30)31/h2-3,5-6,8-13H,4,7,14-17H2,1H3,(H,26,29)(H2,25,27,28). The van der Waals surface area contributed by atoms with Gasteiger partial charge in [0, 0.05) is 50.7 Å². The predicted molar refractivity (Wildman–Crippen MR) is 126 cm³/mol. The summed E-state index contributed by atoms with van der Waals surface area (Å²) >= 11 is 0. The maximum atomic E-state index is 11.9. The number of pyridine rings is 1. The van der Waals surface area contributed by atoms with Crippen LogP contribution in [0.3, 0.4) is 0 Å². The van der Waals surface area contributed by atoms with E-state index in [1.807, 2.05) is 53.4 Å². The molecule has 2 heterocycles. The minimum Gasteiger partial charge on any atom is -0.368 e. The van der Waals surface area contributed by atoms with Gasteiger partial charge in [-0.15, -0.1) is 0 Å². The topological polar surface area (TPSA) is 81.7 Å². The second-order valence-electron chi connectivity index (χ2n) is 7.48. The summed E-state index contributed by atoms with van der Waals surface area (Å²) in [5.74, 6) is 1.81. The largest absolute Gasteiger partial charge is 0.368 e. The van der Waals surface area contributed by atoms with Gasteiger partial charge in [-0.1, -0.05) is 30.3 Å². The lowest BCUT2D eigenvalue weighted by Gasteiger charge is -2.16. The molecule has 31 heavy (non-hydrogen) atoms. The molecule has 1 saturated heterocycles. The van der Waals surface area contributed by atoms with E-state index in [1.54, 1.807) is 7.05 Å². The molecule has 0 saturated carbocycles. The number of hydrogen-bond donors (Lipinski definition) is 3. The number of anilines is 2. The molecule has 1 aromatic heterocycles. The number of aliphatic imine (C=N–C) groups is 1. The number of amides is 1. The van der Waals surface area contributed by atoms with Crippen molar-refractivity contribution in [2.24, 2.45) is 4.99 Å². The third kappa shape index (κ3) is 5.31. The number of nitrogens with one attached hydrogen (secondary N) is 3. The van der Waals surface area contributed by atoms with Crippen molar-refractivity contribution in [1.82, 2.24) is 15.6 Å². The van der Waals surface area contributed by atoms with E-state index >= 15 is 0 Å². The fourth-order valence-electron chi connectivity index (χ4n) is 3.66. The molecule has 7 heteroatoms. The number of para-hydroxylation sites is 1. The van der Waals surface area contributed by atoms with Gasteiger partial charge in [0.15, 0.2) is 5.96 Å². The molecule has 0 aliphatic carbocycles. The summed E-state index contributed by atoms with van der Waals surface area (Å²) in [5.41, 5.74) is 3.09. The van der Waals surface area contributed by atoms with Gasteiger partial charge in [0.1, 0.15) is 5.82 Å². The Kier molecular flexibility index (Phi) is 6.62. The Balaban J connectivity index is 1.21. The summed E-state index contributed by atoms with van der Waals surface area (Å²) in [6.07, 6.45) is 1.59. The van der Waals surface area contributed by atoms with Gasteiger partial charge in [-0.05, 0) is 42.3 Å². The van der Waals surface area contributed by atoms with Crippen molar-refractivity contribution < 1.29 is 4.79 Å². The number of carbonyl (C=O) groups excluding carboxylic acids is 1. The van der Waals surface area contributed by atoms with Crippen LogP contribution in [0.2, 0.25) is 0 Å². The number of benzene rings is 2. The summed E-state index contributed by atoms with van der Waals surface area (Å²) in [5, 5.41) is 11.1. The number of fused-ring (bicyclic) bond motifs is 1. The smallest absolute Gasteiger partial charge is 0.227 e. The summed E-state index contributed by atoms with van der Waals surface area (Å²) in [6.45, 7) is 2.91. The first kappa shape index (κ1) is 20.7. The number of nitrogens with zero attached hydrogens (tertiary/aromatic N) is 3. The first-order valence-corrected chi connectivity index (χ1v) is 10.7. The van der Waals surface area contributed by atoms with E-state index in [2.05, 4.69) is 38.1 Å². The summed E-state index contributed by atoms with van der Waals surface area (Å²) in [4.78, 5) is 22.6. The van der Waals surface area contributed by atoms with Gasteiger partial charge in [-0.25, -0.2) is 4.98 Å². The lowest BCUT2D eigenvalue weighted by Crippen LogP contribution is -2.39. The van der Waals surface area contributed by atoms with E-state index in [9.17, 15) is 4.79 Å². The molecule has 1 aliphatic rings. The molecule has 0 bridgehead atoms. The highest BCUT2D eigenvalue weighted by atomic mass is 16.2. The van der Waals surface area contributed by atoms with Crippen molar-refractivity contribution in [1.29, 1.82) is 0 Å². The minimum absolute atomic E-state index is 0.211. The number of hydrogen-bond acceptors (Lipinski definition) is 4. The fraction of sp³-hybridized carbons (Fsp3) is 0.292. The number of carbonyl (C=O) groups is 1. The van der Waals surface area contributed by atoms with Gasteiger partial charge >= 0.3 is 0 Å². The van der Waals surface area contributed by atoms with Crippen LogP contribution < -0.4 is 20.9 Å². The maximum absolute atomic E-state index is 11.9. The van der Waals surface area contributed by atoms with E-state index < -0.39 is 0 Å². The molecule has 0 spiro atoms. The molecule has 2 aromatic carbocycles. The van der Waals surface area contributed by atoms with Crippen LogP contribution in [-0.2, 0) is 11.3 Å². The molecule has 0 atom stereocenters. The highest BCUT2D eigenvalue weighted by Crippen LogP contribution is 2.21. The Hall–Kier alpha value is -3.61. The lowest BCUT2D eigenvalue weighted by molar-refractivity contribution is -0.117. The molecule has 3 N–H and O–H groups in total. The Morgan fingerprint density at radius 2 is 1.87 bits per heavy atom. The molecular weight excluding hydrogens is 388 g/mol. The van der Waals surface area contributed by atoms with Crippen molar-refractivity contribution in [3.8, 4) is 0 Å². The van der Waals surface area contributed by atoms with Crippen molar-refractivity contribution in [2.45, 2.75) is 19.4 Å². The second-order valence-corrected chi connectivity index (χ2v) is 7.48. The van der Waals surface area contributed by atoms with Crippen molar-refractivity contribution in [2.75, 3.05) is 36.9 Å². The fourth-order valence-corrected chi connectivity index (χ4v) is 3.66. The monoisotopic (exact) mass is 416 g/mol. The van der Waals surface area contributed by atoms with Crippen LogP contribution in [-0.4, -0.2) is 43.5 Å². The Morgan fingerprint density at radius 3 is 2.65 bits per heavy atom. The first-order chi connectivity index (χ1) is 15.2. The van der Waals surface area contributed by atoms with E-state index in [0.29, 0.717) is 19.5 Å². The van der Waals surface area contributed by atoms with Crippen LogP contribution in [0, 0.1) is 0 Å². The molecule has 1 aliphatic heterocycles. The van der Waals surface area contributed by atoms with Crippen LogP contribution in [0.15, 0.2) is 65.7 Å². The van der Waals surface area contributed by atoms with Gasteiger partial charge in [-0.2, -0.15) is 0 Å². The summed E-state index contributed by atoms with van der Waals surface area (Å²) in [6, 6.07) is 20.3. The zero-order valence-corrected chi connectivity index (χ0v) is 17.8. The molecule has 7 nitrogen and oxygen atoms in total. The maximum Gasteiger partial charge on any atom is 0.227 e. The molecule has 1 amide bonds. The zero-order valence-electron chi connectivity index (χ0n) is 17.8. The molecule has 4 rings (SSSR count). The van der Waals surface area contributed by atoms with E-state index in [4.69, 9.17) is 0 Å². The molecule has 0 radical (unpaired) electrons. The van der Waals surface area contributed by atoms with Crippen LogP contribution in [0.25, 0.3) is 10.9 Å². The SMILES string of the molecule is CN=C(NCCNc1ccc2ccccc2n1)NCc1ccc(N2CCCC2=O)cc1. The summed E-state index contributed by atoms with van der Waals surface area (Å²) in [7, 11) is 1.76. The number of guanidine groups is 1. The first-order valence-electron chi connectivity index (χ1n) is 10.7. The van der Waals surface area contributed by atoms with Gasteiger partial charge in [0.05, 0.1) is 5.52 Å². The minimum atomic E-state index is 0.211. The van der Waals surface area contributed by atoms with Gasteiger partial charge in [0.2, 0.25) is 5.91 Å². The third-order valence-corrected chi connectivity index (χ3v) is 5.33. The Morgan fingerprint density at radius 1 is 1.03 bits per heavy atom. The van der Waals surface area contributed by atoms with Crippen molar-refractivity contribution in [3.63, 3.8) is 0 Å². The van der Waals surface area contributed by atoms with Gasteiger partial charge in [0.25, 0.3) is 0 Å². The van der Waals surface area contributed by atoms with Crippen molar-refractivity contribution >= 4 is 34.3 Å². The zero-order chi connectivity index (χ0) is 21.5. The molecule has 160 valence electrons. The normalized spacial score (nSPS) is 14.2. The Bertz CT molecular complexity index is 1060. The average molecular weight is 417 g/mol. The Labute approximate surface area is 182 Å². The predicted octanol–water partition coefficient (Wildman–Crippen LogP) is 3.14. The second kappa shape index (κ2) is 9.93. The third-order valence-electron chi connectivity index (χ3n) is 5.33. The molecule has 3 aromatic rings. The average Bonchev–Trinajstić information content (AvgIpc) is 3.24. The van der Waals surface area contributed by atoms with E-state index in [1.165, 1.54) is 0 Å². The van der Waals surface area contributed by atoms with E-state index in [-0.39, 0.29) is 5.91 Å². The van der Waals surface area contributed by atoms with Crippen molar-refractivity contribution in [3.05, 3.63) is 66.2 Å². The lowest BCUT2D eigenvalue weighted by atomic mass is 10.2. The van der Waals surface area contributed by atoms with Crippen LogP contribution in [0.5, 0.6) is 0 Å². The van der Waals surface area contributed by atoms with Crippen LogP contribution in [0.4, 0.5) is 11.5 Å². The molecular formula is C24H28N6O. The molecule has 1 fully saturated rings. The number of aromatic nitrogens is 1. The highest BCUT2D eigenvalue weighted by Gasteiger charge is 2.21. The summed E-state index contributed by atoms with van der Waals surface area (Å²) < 4.78 is 0. The van der Waals surface area contributed by atoms with Gasteiger partial charge < -0.3 is 20.9 Å². The quantitative estimate of drug-likeness (QED) is 0.313. The van der Waals surface area contributed by atoms with Crippen LogP contribution >= 0.6 is 0 Å². The molecule has 0 unspecified atom stereocenters. The number of rotatable bonds is 7. The van der Waals surface area contributed by atoms with Gasteiger partial charge in [-0.3, -0.25) is 9.79 Å². The van der Waals surface area contributed by atoms with Crippen LogP contribution in [0.1, 0.15) is 18.4 Å². The van der Waals surface area contributed by atoms with E-state index in [0.717, 1.165) is 53.4 Å².